The third kappa shape index (κ3) is 7.49. The molecule has 53 heavy (non-hydrogen) atoms. The number of aromatic nitrogens is 2. The van der Waals surface area contributed by atoms with E-state index in [9.17, 15) is 19.2 Å². The molecule has 2 aromatic carbocycles. The number of likely N-dealkylation sites (tertiary alicyclic amines) is 2. The number of carbonyl (C=O) groups excluding carboxylic acids is 3. The number of piperidine rings is 2. The van der Waals surface area contributed by atoms with Crippen LogP contribution in [0, 0.1) is 6.92 Å². The molecule has 278 valence electrons. The first-order chi connectivity index (χ1) is 25.6. The number of pyridine rings is 2. The molecule has 1 N–H and O–H groups in total. The van der Waals surface area contributed by atoms with Crippen molar-refractivity contribution in [1.82, 2.24) is 24.7 Å². The monoisotopic (exact) mass is 722 g/mol. The van der Waals surface area contributed by atoms with E-state index in [0.29, 0.717) is 36.3 Å². The second-order valence-electron chi connectivity index (χ2n) is 14.1. The average molecular weight is 723 g/mol. The van der Waals surface area contributed by atoms with Gasteiger partial charge in [0.05, 0.1) is 37.4 Å². The van der Waals surface area contributed by atoms with Crippen molar-refractivity contribution in [2.75, 3.05) is 51.8 Å². The summed E-state index contributed by atoms with van der Waals surface area (Å²) in [5.41, 5.74) is 4.71. The van der Waals surface area contributed by atoms with Crippen LogP contribution >= 0.6 is 0 Å². The van der Waals surface area contributed by atoms with Crippen molar-refractivity contribution in [1.29, 1.82) is 0 Å². The number of amides is 4. The molecule has 13 heteroatoms. The molecular formula is C40H46N6O7. The van der Waals surface area contributed by atoms with Crippen LogP contribution in [-0.4, -0.2) is 96.3 Å². The van der Waals surface area contributed by atoms with Crippen LogP contribution in [0.2, 0.25) is 0 Å². The quantitative estimate of drug-likeness (QED) is 0.262. The van der Waals surface area contributed by atoms with Gasteiger partial charge in [0.25, 0.3) is 11.5 Å². The molecule has 5 heterocycles. The summed E-state index contributed by atoms with van der Waals surface area (Å²) in [5, 5.41) is 3.74. The maximum absolute atomic E-state index is 13.5. The third-order valence-electron chi connectivity index (χ3n) is 10.7. The molecule has 0 spiro atoms. The first kappa shape index (κ1) is 36.1. The number of carbonyl (C=O) groups is 3. The summed E-state index contributed by atoms with van der Waals surface area (Å²) in [7, 11) is 5.08. The number of ether oxygens (including phenoxy) is 3. The first-order valence-electron chi connectivity index (χ1n) is 18.2. The number of fused-ring (bicyclic) bond motifs is 1. The highest BCUT2D eigenvalue weighted by Crippen LogP contribution is 2.38. The molecule has 3 aliphatic rings. The fraction of sp³-hybridized carbons (Fsp3) is 0.425. The van der Waals surface area contributed by atoms with Crippen molar-refractivity contribution in [2.45, 2.75) is 57.8 Å². The normalized spacial score (nSPS) is 17.7. The van der Waals surface area contributed by atoms with Gasteiger partial charge in [0.2, 0.25) is 5.91 Å². The lowest BCUT2D eigenvalue weighted by Gasteiger charge is -2.37. The molecule has 0 radical (unpaired) electrons. The molecule has 0 unspecified atom stereocenters. The standard InChI is InChI=1S/C40H46N6O7/c1-25-5-6-26(19-34(25)46-18-12-37(47)42-40(46)50)38(48)45-16-10-29(11-17-45)53-28-8-14-44(15-9-28)24-33-35(51-3)20-27(21-36(33)52-4)32-23-43(2)39(49)31-22-41-13-7-30(31)32/h5-7,13,19-23,28-29H,8-12,14-18,24H2,1-4H3,(H,42,47,50). The van der Waals surface area contributed by atoms with Crippen LogP contribution in [0.25, 0.3) is 21.9 Å². The van der Waals surface area contributed by atoms with E-state index in [1.165, 1.54) is 4.90 Å². The van der Waals surface area contributed by atoms with Crippen LogP contribution in [-0.2, 0) is 23.1 Å². The van der Waals surface area contributed by atoms with Crippen LogP contribution in [0.1, 0.15) is 53.6 Å². The second kappa shape index (κ2) is 15.4. The molecule has 4 aromatic rings. The molecule has 0 aliphatic carbocycles. The predicted octanol–water partition coefficient (Wildman–Crippen LogP) is 4.66. The predicted molar refractivity (Wildman–Crippen MR) is 201 cm³/mol. The molecule has 13 nitrogen and oxygen atoms in total. The maximum Gasteiger partial charge on any atom is 0.328 e. The zero-order valence-electron chi connectivity index (χ0n) is 30.7. The summed E-state index contributed by atoms with van der Waals surface area (Å²) in [5.74, 6) is 1.10. The maximum atomic E-state index is 13.5. The minimum absolute atomic E-state index is 0.0644. The number of benzene rings is 2. The van der Waals surface area contributed by atoms with Crippen molar-refractivity contribution >= 4 is 34.3 Å². The Labute approximate surface area is 308 Å². The summed E-state index contributed by atoms with van der Waals surface area (Å²) in [6, 6.07) is 10.8. The molecule has 0 saturated carbocycles. The van der Waals surface area contributed by atoms with E-state index in [-0.39, 0.29) is 42.5 Å². The van der Waals surface area contributed by atoms with Gasteiger partial charge in [0, 0.05) is 88.1 Å². The smallest absolute Gasteiger partial charge is 0.328 e. The SMILES string of the molecule is COc1cc(-c2cn(C)c(=O)c3cnccc23)cc(OC)c1CN1CCC(OC2CCN(C(=O)c3ccc(C)c(N4CCC(=O)NC4=O)c3)CC2)CC1. The lowest BCUT2D eigenvalue weighted by molar-refractivity contribution is -0.120. The molecule has 0 atom stereocenters. The summed E-state index contributed by atoms with van der Waals surface area (Å²) in [4.78, 5) is 60.3. The highest BCUT2D eigenvalue weighted by molar-refractivity contribution is 6.06. The van der Waals surface area contributed by atoms with Crippen molar-refractivity contribution in [3.05, 3.63) is 82.0 Å². The number of methoxy groups -OCH3 is 2. The van der Waals surface area contributed by atoms with Gasteiger partial charge < -0.3 is 23.7 Å². The number of hydrogen-bond acceptors (Lipinski definition) is 9. The lowest BCUT2D eigenvalue weighted by Crippen LogP contribution is -2.50. The highest BCUT2D eigenvalue weighted by Gasteiger charge is 2.30. The molecule has 4 amide bonds. The van der Waals surface area contributed by atoms with Crippen LogP contribution in [0.15, 0.2) is 59.8 Å². The summed E-state index contributed by atoms with van der Waals surface area (Å²) < 4.78 is 20.0. The largest absolute Gasteiger partial charge is 0.496 e. The first-order valence-corrected chi connectivity index (χ1v) is 18.2. The van der Waals surface area contributed by atoms with Crippen molar-refractivity contribution in [3.8, 4) is 22.6 Å². The fourth-order valence-corrected chi connectivity index (χ4v) is 7.74. The number of urea groups is 1. The molecule has 2 aromatic heterocycles. The number of rotatable bonds is 9. The Hall–Kier alpha value is -5.27. The highest BCUT2D eigenvalue weighted by atomic mass is 16.5. The zero-order chi connectivity index (χ0) is 37.2. The third-order valence-corrected chi connectivity index (χ3v) is 10.7. The van der Waals surface area contributed by atoms with Gasteiger partial charge in [-0.1, -0.05) is 6.07 Å². The Bertz CT molecular complexity index is 2070. The number of hydrogen-bond donors (Lipinski definition) is 1. The Morgan fingerprint density at radius 1 is 0.887 bits per heavy atom. The second-order valence-corrected chi connectivity index (χ2v) is 14.1. The van der Waals surface area contributed by atoms with Gasteiger partial charge in [-0.2, -0.15) is 0 Å². The molecule has 7 rings (SSSR count). The fourth-order valence-electron chi connectivity index (χ4n) is 7.74. The Kier molecular flexibility index (Phi) is 10.5. The summed E-state index contributed by atoms with van der Waals surface area (Å²) >= 11 is 0. The van der Waals surface area contributed by atoms with Gasteiger partial charge >= 0.3 is 6.03 Å². The number of aryl methyl sites for hydroxylation is 2. The van der Waals surface area contributed by atoms with E-state index in [4.69, 9.17) is 14.2 Å². The van der Waals surface area contributed by atoms with Gasteiger partial charge in [-0.05, 0) is 79.5 Å². The van der Waals surface area contributed by atoms with Gasteiger partial charge in [-0.15, -0.1) is 0 Å². The molecule has 0 bridgehead atoms. The van der Waals surface area contributed by atoms with Crippen LogP contribution in [0.4, 0.5) is 10.5 Å². The van der Waals surface area contributed by atoms with Crippen LogP contribution < -0.4 is 25.2 Å². The Balaban J connectivity index is 0.939. The van der Waals surface area contributed by atoms with Gasteiger partial charge in [0.1, 0.15) is 11.5 Å². The lowest BCUT2D eigenvalue weighted by atomic mass is 9.98. The minimum Gasteiger partial charge on any atom is -0.496 e. The molecule has 3 aliphatic heterocycles. The van der Waals surface area contributed by atoms with Crippen molar-refractivity contribution in [2.24, 2.45) is 7.05 Å². The number of imide groups is 1. The zero-order valence-corrected chi connectivity index (χ0v) is 30.7. The molecule has 3 saturated heterocycles. The van der Waals surface area contributed by atoms with Gasteiger partial charge in [-0.25, -0.2) is 4.79 Å². The van der Waals surface area contributed by atoms with E-state index in [1.54, 1.807) is 50.4 Å². The molecular weight excluding hydrogens is 676 g/mol. The Morgan fingerprint density at radius 2 is 1.57 bits per heavy atom. The van der Waals surface area contributed by atoms with Crippen molar-refractivity contribution < 1.29 is 28.6 Å². The van der Waals surface area contributed by atoms with E-state index in [1.807, 2.05) is 42.3 Å². The van der Waals surface area contributed by atoms with Gasteiger partial charge in [0.15, 0.2) is 0 Å². The minimum atomic E-state index is -0.460. The number of nitrogens with zero attached hydrogens (tertiary/aromatic N) is 5. The van der Waals surface area contributed by atoms with E-state index in [2.05, 4.69) is 15.2 Å². The van der Waals surface area contributed by atoms with Crippen LogP contribution in [0.3, 0.4) is 0 Å². The van der Waals surface area contributed by atoms with E-state index < -0.39 is 6.03 Å². The summed E-state index contributed by atoms with van der Waals surface area (Å²) in [6.07, 6.45) is 8.96. The van der Waals surface area contributed by atoms with Crippen LogP contribution in [0.5, 0.6) is 11.5 Å². The number of nitrogens with one attached hydrogen (secondary N) is 1. The van der Waals surface area contributed by atoms with Gasteiger partial charge in [-0.3, -0.25) is 34.5 Å². The van der Waals surface area contributed by atoms with E-state index in [0.717, 1.165) is 77.9 Å². The van der Waals surface area contributed by atoms with Crippen molar-refractivity contribution in [3.63, 3.8) is 0 Å². The summed E-state index contributed by atoms with van der Waals surface area (Å²) in [6.45, 7) is 5.79. The Morgan fingerprint density at radius 3 is 2.23 bits per heavy atom. The molecule has 3 fully saturated rings. The number of anilines is 1. The van der Waals surface area contributed by atoms with E-state index >= 15 is 0 Å². The topological polar surface area (TPSA) is 136 Å². The average Bonchev–Trinajstić information content (AvgIpc) is 3.17.